The minimum atomic E-state index is -3.74. The fourth-order valence-electron chi connectivity index (χ4n) is 3.02. The van der Waals surface area contributed by atoms with Crippen LogP contribution in [0, 0.1) is 5.82 Å². The fourth-order valence-corrected chi connectivity index (χ4v) is 4.07. The van der Waals surface area contributed by atoms with Crippen LogP contribution in [0.15, 0.2) is 53.4 Å². The fraction of sp³-hybridized carbons (Fsp3) is 0.333. The van der Waals surface area contributed by atoms with E-state index in [1.54, 1.807) is 6.07 Å². The molecule has 2 N–H and O–H groups in total. The predicted octanol–water partition coefficient (Wildman–Crippen LogP) is 2.81. The average Bonchev–Trinajstić information content (AvgIpc) is 2.62. The Bertz CT molecular complexity index is 818. The van der Waals surface area contributed by atoms with E-state index in [9.17, 15) is 12.8 Å². The van der Waals surface area contributed by atoms with E-state index in [0.717, 1.165) is 43.8 Å². The van der Waals surface area contributed by atoms with Crippen molar-refractivity contribution in [2.45, 2.75) is 23.8 Å². The minimum absolute atomic E-state index is 0.0333. The number of hydrogen-bond acceptors (Lipinski definition) is 4. The van der Waals surface area contributed by atoms with Gasteiger partial charge in [-0.15, -0.1) is 0 Å². The normalized spacial score (nSPS) is 15.8. The summed E-state index contributed by atoms with van der Waals surface area (Å²) >= 11 is 0. The summed E-state index contributed by atoms with van der Waals surface area (Å²) in [5.74, 6) is -0.468. The molecule has 2 aromatic carbocycles. The number of anilines is 2. The number of halogens is 1. The summed E-state index contributed by atoms with van der Waals surface area (Å²) in [5, 5.41) is 3.34. The molecule has 1 heterocycles. The SMILES string of the molecule is CN(c1cccc(NS(=O)(=O)c2ccc(F)cc2)c1)C1CCNCC1. The van der Waals surface area contributed by atoms with E-state index in [-0.39, 0.29) is 4.90 Å². The third-order valence-corrected chi connectivity index (χ3v) is 5.88. The van der Waals surface area contributed by atoms with Gasteiger partial charge in [0.05, 0.1) is 10.6 Å². The van der Waals surface area contributed by atoms with E-state index < -0.39 is 15.8 Å². The summed E-state index contributed by atoms with van der Waals surface area (Å²) in [7, 11) is -1.71. The second-order valence-corrected chi connectivity index (χ2v) is 7.88. The maximum absolute atomic E-state index is 13.0. The lowest BCUT2D eigenvalue weighted by Gasteiger charge is -2.33. The highest BCUT2D eigenvalue weighted by Gasteiger charge is 2.19. The summed E-state index contributed by atoms with van der Waals surface area (Å²) in [5.41, 5.74) is 1.45. The topological polar surface area (TPSA) is 61.4 Å². The molecule has 5 nitrogen and oxygen atoms in total. The zero-order valence-corrected chi connectivity index (χ0v) is 14.9. The molecule has 3 rings (SSSR count). The lowest BCUT2D eigenvalue weighted by molar-refractivity contribution is 0.443. The van der Waals surface area contributed by atoms with Crippen LogP contribution in [0.25, 0.3) is 0 Å². The van der Waals surface area contributed by atoms with Crippen LogP contribution in [0.1, 0.15) is 12.8 Å². The molecule has 0 aliphatic carbocycles. The first kappa shape index (κ1) is 17.7. The molecule has 25 heavy (non-hydrogen) atoms. The van der Waals surface area contributed by atoms with Gasteiger partial charge in [0.1, 0.15) is 5.82 Å². The zero-order valence-electron chi connectivity index (χ0n) is 14.1. The Morgan fingerprint density at radius 1 is 1.12 bits per heavy atom. The van der Waals surface area contributed by atoms with Crippen LogP contribution in [0.5, 0.6) is 0 Å². The Morgan fingerprint density at radius 2 is 1.80 bits per heavy atom. The highest BCUT2D eigenvalue weighted by atomic mass is 32.2. The Balaban J connectivity index is 1.78. The number of nitrogens with one attached hydrogen (secondary N) is 2. The van der Waals surface area contributed by atoms with Gasteiger partial charge in [0.25, 0.3) is 10.0 Å². The quantitative estimate of drug-likeness (QED) is 0.858. The molecule has 1 aliphatic heterocycles. The van der Waals surface area contributed by atoms with Crippen LogP contribution in [-0.4, -0.2) is 34.6 Å². The lowest BCUT2D eigenvalue weighted by Crippen LogP contribution is -2.41. The van der Waals surface area contributed by atoms with Crippen molar-refractivity contribution < 1.29 is 12.8 Å². The van der Waals surface area contributed by atoms with Gasteiger partial charge in [-0.25, -0.2) is 12.8 Å². The standard InChI is InChI=1S/C18H22FN3O2S/c1-22(16-9-11-20-12-10-16)17-4-2-3-15(13-17)21-25(23,24)18-7-5-14(19)6-8-18/h2-8,13,16,20-21H,9-12H2,1H3. The van der Waals surface area contributed by atoms with Crippen molar-refractivity contribution in [2.24, 2.45) is 0 Å². The van der Waals surface area contributed by atoms with E-state index in [4.69, 9.17) is 0 Å². The molecule has 1 fully saturated rings. The van der Waals surface area contributed by atoms with Crippen molar-refractivity contribution in [3.05, 3.63) is 54.3 Å². The first-order valence-corrected chi connectivity index (χ1v) is 9.76. The molecule has 0 saturated carbocycles. The van der Waals surface area contributed by atoms with Crippen molar-refractivity contribution in [2.75, 3.05) is 29.8 Å². The molecular formula is C18H22FN3O2S. The van der Waals surface area contributed by atoms with Gasteiger partial charge in [-0.3, -0.25) is 4.72 Å². The van der Waals surface area contributed by atoms with Crippen LogP contribution in [0.3, 0.4) is 0 Å². The molecule has 0 bridgehead atoms. The summed E-state index contributed by atoms with van der Waals surface area (Å²) in [6.45, 7) is 1.98. The molecule has 0 spiro atoms. The smallest absolute Gasteiger partial charge is 0.261 e. The van der Waals surface area contributed by atoms with Crippen LogP contribution in [-0.2, 0) is 10.0 Å². The van der Waals surface area contributed by atoms with Crippen LogP contribution < -0.4 is 14.9 Å². The molecule has 0 unspecified atom stereocenters. The number of hydrogen-bond donors (Lipinski definition) is 2. The molecule has 0 radical (unpaired) electrons. The van der Waals surface area contributed by atoms with E-state index in [2.05, 4.69) is 14.9 Å². The molecule has 2 aromatic rings. The summed E-state index contributed by atoms with van der Waals surface area (Å²) in [6, 6.07) is 12.5. The monoisotopic (exact) mass is 363 g/mol. The minimum Gasteiger partial charge on any atom is -0.371 e. The second-order valence-electron chi connectivity index (χ2n) is 6.20. The van der Waals surface area contributed by atoms with Crippen LogP contribution in [0.4, 0.5) is 15.8 Å². The van der Waals surface area contributed by atoms with Crippen molar-refractivity contribution in [1.82, 2.24) is 5.32 Å². The van der Waals surface area contributed by atoms with Gasteiger partial charge in [-0.1, -0.05) is 6.07 Å². The highest BCUT2D eigenvalue weighted by Crippen LogP contribution is 2.25. The largest absolute Gasteiger partial charge is 0.371 e. The van der Waals surface area contributed by atoms with Crippen LogP contribution in [0.2, 0.25) is 0 Å². The first-order chi connectivity index (χ1) is 12.0. The van der Waals surface area contributed by atoms with Gasteiger partial charge in [-0.2, -0.15) is 0 Å². The molecule has 7 heteroatoms. The average molecular weight is 363 g/mol. The Hall–Kier alpha value is -2.12. The second kappa shape index (κ2) is 7.41. The molecule has 1 aliphatic rings. The van der Waals surface area contributed by atoms with Crippen molar-refractivity contribution in [1.29, 1.82) is 0 Å². The van der Waals surface area contributed by atoms with Gasteiger partial charge in [0.2, 0.25) is 0 Å². The lowest BCUT2D eigenvalue weighted by atomic mass is 10.0. The van der Waals surface area contributed by atoms with E-state index in [0.29, 0.717) is 11.7 Å². The zero-order chi connectivity index (χ0) is 17.9. The van der Waals surface area contributed by atoms with Gasteiger partial charge >= 0.3 is 0 Å². The molecule has 0 amide bonds. The summed E-state index contributed by atoms with van der Waals surface area (Å²) in [4.78, 5) is 2.22. The van der Waals surface area contributed by atoms with E-state index in [1.165, 1.54) is 12.1 Å². The van der Waals surface area contributed by atoms with Gasteiger partial charge < -0.3 is 10.2 Å². The maximum Gasteiger partial charge on any atom is 0.261 e. The van der Waals surface area contributed by atoms with Crippen molar-refractivity contribution in [3.63, 3.8) is 0 Å². The number of piperidine rings is 1. The van der Waals surface area contributed by atoms with E-state index >= 15 is 0 Å². The molecule has 134 valence electrons. The number of benzene rings is 2. The Morgan fingerprint density at radius 3 is 2.48 bits per heavy atom. The molecule has 1 saturated heterocycles. The van der Waals surface area contributed by atoms with Gasteiger partial charge in [0, 0.05) is 18.8 Å². The van der Waals surface area contributed by atoms with Gasteiger partial charge in [-0.05, 0) is 68.4 Å². The Labute approximate surface area is 147 Å². The van der Waals surface area contributed by atoms with Crippen molar-refractivity contribution >= 4 is 21.4 Å². The first-order valence-electron chi connectivity index (χ1n) is 8.28. The number of nitrogens with zero attached hydrogens (tertiary/aromatic N) is 1. The van der Waals surface area contributed by atoms with E-state index in [1.807, 2.05) is 25.2 Å². The molecular weight excluding hydrogens is 341 g/mol. The number of sulfonamides is 1. The highest BCUT2D eigenvalue weighted by molar-refractivity contribution is 7.92. The van der Waals surface area contributed by atoms with Crippen LogP contribution >= 0.6 is 0 Å². The summed E-state index contributed by atoms with van der Waals surface area (Å²) in [6.07, 6.45) is 2.12. The summed E-state index contributed by atoms with van der Waals surface area (Å²) < 4.78 is 40.4. The van der Waals surface area contributed by atoms with Crippen molar-refractivity contribution in [3.8, 4) is 0 Å². The molecule has 0 atom stereocenters. The maximum atomic E-state index is 13.0. The Kier molecular flexibility index (Phi) is 5.24. The van der Waals surface area contributed by atoms with Gasteiger partial charge in [0.15, 0.2) is 0 Å². The third kappa shape index (κ3) is 4.29. The predicted molar refractivity (Wildman–Crippen MR) is 97.9 cm³/mol. The number of rotatable bonds is 5. The third-order valence-electron chi connectivity index (χ3n) is 4.49. The molecule has 0 aromatic heterocycles.